The summed E-state index contributed by atoms with van der Waals surface area (Å²) in [5, 5.41) is 10.3. The van der Waals surface area contributed by atoms with Gasteiger partial charge in [-0.25, -0.2) is 4.98 Å². The van der Waals surface area contributed by atoms with Gasteiger partial charge in [0.25, 0.3) is 5.12 Å². The van der Waals surface area contributed by atoms with Crippen LogP contribution in [-0.4, -0.2) is 15.2 Å². The molecule has 0 unspecified atom stereocenters. The maximum absolute atomic E-state index is 12.8. The third-order valence-corrected chi connectivity index (χ3v) is 6.60. The Hall–Kier alpha value is -1.63. The number of hydrogen-bond donors (Lipinski definition) is 1. The van der Waals surface area contributed by atoms with Crippen LogP contribution >= 0.6 is 23.1 Å². The van der Waals surface area contributed by atoms with Crippen LogP contribution in [0.4, 0.5) is 0 Å². The average Bonchev–Trinajstić information content (AvgIpc) is 3.06. The van der Waals surface area contributed by atoms with Gasteiger partial charge in [-0.1, -0.05) is 26.0 Å². The number of aliphatic hydroxyl groups is 1. The largest absolute Gasteiger partial charge is 0.456 e. The summed E-state index contributed by atoms with van der Waals surface area (Å²) in [7, 11) is 0. The van der Waals surface area contributed by atoms with E-state index < -0.39 is 6.10 Å². The molecule has 4 nitrogen and oxygen atoms in total. The van der Waals surface area contributed by atoms with E-state index in [-0.39, 0.29) is 10.5 Å². The maximum Gasteiger partial charge on any atom is 0.261 e. The fraction of sp³-hybridized carbons (Fsp3) is 0.368. The number of para-hydroxylation sites is 1. The minimum Gasteiger partial charge on any atom is -0.456 e. The number of hydrogen-bond acceptors (Lipinski definition) is 6. The molecule has 0 radical (unpaired) electrons. The molecule has 0 amide bonds. The van der Waals surface area contributed by atoms with E-state index >= 15 is 0 Å². The Kier molecular flexibility index (Phi) is 4.02. The molecule has 1 atom stereocenters. The van der Waals surface area contributed by atoms with Gasteiger partial charge in [0.05, 0.1) is 16.3 Å². The van der Waals surface area contributed by atoms with Crippen molar-refractivity contribution in [1.82, 2.24) is 4.98 Å². The third kappa shape index (κ3) is 3.03. The molecule has 0 saturated heterocycles. The number of carbonyl (C=O) groups excluding carboxylic acids is 1. The lowest BCUT2D eigenvalue weighted by atomic mass is 9.75. The standard InChI is InChI=1S/C19H19NO3S2/c1-10-15-12(21)8-19(2,3)9-13(15)23-16(10)17(22)25-18-20-11-6-4-5-7-14(11)24-18/h4-7,12,21H,8-9H2,1-3H3/t12-/m0/s1. The third-order valence-electron chi connectivity index (χ3n) is 4.63. The molecular formula is C19H19NO3S2. The summed E-state index contributed by atoms with van der Waals surface area (Å²) >= 11 is 2.60. The van der Waals surface area contributed by atoms with Crippen molar-refractivity contribution in [2.75, 3.05) is 0 Å². The van der Waals surface area contributed by atoms with Crippen molar-refractivity contribution < 1.29 is 14.3 Å². The first-order valence-electron chi connectivity index (χ1n) is 8.22. The molecule has 6 heteroatoms. The normalized spacial score (nSPS) is 19.1. The molecule has 130 valence electrons. The van der Waals surface area contributed by atoms with Crippen molar-refractivity contribution in [2.24, 2.45) is 5.41 Å². The predicted octanol–water partition coefficient (Wildman–Crippen LogP) is 5.14. The van der Waals surface area contributed by atoms with Gasteiger partial charge in [-0.15, -0.1) is 11.3 Å². The first-order valence-corrected chi connectivity index (χ1v) is 9.85. The first-order chi connectivity index (χ1) is 11.8. The Morgan fingerprint density at radius 2 is 2.16 bits per heavy atom. The van der Waals surface area contributed by atoms with Crippen LogP contribution in [0.25, 0.3) is 10.2 Å². The summed E-state index contributed by atoms with van der Waals surface area (Å²) in [4.78, 5) is 17.2. The van der Waals surface area contributed by atoms with Crippen LogP contribution in [0, 0.1) is 12.3 Å². The topological polar surface area (TPSA) is 63.3 Å². The number of furan rings is 1. The van der Waals surface area contributed by atoms with Gasteiger partial charge in [0.15, 0.2) is 10.1 Å². The number of aromatic nitrogens is 1. The van der Waals surface area contributed by atoms with Gasteiger partial charge in [-0.05, 0) is 42.7 Å². The molecule has 4 rings (SSSR count). The molecule has 3 aromatic rings. The number of fused-ring (bicyclic) bond motifs is 2. The quantitative estimate of drug-likeness (QED) is 0.631. The molecule has 0 aliphatic heterocycles. The Morgan fingerprint density at radius 1 is 1.40 bits per heavy atom. The van der Waals surface area contributed by atoms with Gasteiger partial charge < -0.3 is 9.52 Å². The van der Waals surface area contributed by atoms with Crippen molar-refractivity contribution in [1.29, 1.82) is 0 Å². The Labute approximate surface area is 154 Å². The highest BCUT2D eigenvalue weighted by molar-refractivity contribution is 8.15. The maximum atomic E-state index is 12.8. The summed E-state index contributed by atoms with van der Waals surface area (Å²) < 4.78 is 7.67. The number of aliphatic hydroxyl groups excluding tert-OH is 1. The number of nitrogens with zero attached hydrogens (tertiary/aromatic N) is 1. The van der Waals surface area contributed by atoms with E-state index in [0.717, 1.165) is 45.3 Å². The van der Waals surface area contributed by atoms with Gasteiger partial charge in [-0.3, -0.25) is 4.79 Å². The minimum absolute atomic E-state index is 0.0306. The second kappa shape index (κ2) is 5.97. The summed E-state index contributed by atoms with van der Waals surface area (Å²) in [5.41, 5.74) is 2.43. The van der Waals surface area contributed by atoms with E-state index in [2.05, 4.69) is 18.8 Å². The number of benzene rings is 1. The van der Waals surface area contributed by atoms with Gasteiger partial charge >= 0.3 is 0 Å². The fourth-order valence-corrected chi connectivity index (χ4v) is 5.45. The monoisotopic (exact) mass is 373 g/mol. The van der Waals surface area contributed by atoms with Crippen molar-refractivity contribution >= 4 is 38.4 Å². The van der Waals surface area contributed by atoms with Crippen LogP contribution in [0.5, 0.6) is 0 Å². The lowest BCUT2D eigenvalue weighted by molar-refractivity contribution is 0.0919. The van der Waals surface area contributed by atoms with Crippen molar-refractivity contribution in [3.8, 4) is 0 Å². The van der Waals surface area contributed by atoms with Crippen LogP contribution < -0.4 is 0 Å². The molecule has 1 N–H and O–H groups in total. The zero-order valence-corrected chi connectivity index (χ0v) is 16.0. The van der Waals surface area contributed by atoms with E-state index in [4.69, 9.17) is 4.42 Å². The molecule has 25 heavy (non-hydrogen) atoms. The Bertz CT molecular complexity index is 937. The van der Waals surface area contributed by atoms with E-state index in [1.54, 1.807) is 0 Å². The van der Waals surface area contributed by atoms with Crippen LogP contribution in [0.2, 0.25) is 0 Å². The van der Waals surface area contributed by atoms with Crippen LogP contribution in [0.3, 0.4) is 0 Å². The van der Waals surface area contributed by atoms with Crippen LogP contribution in [0.1, 0.15) is 53.8 Å². The molecule has 1 aliphatic carbocycles. The second-order valence-electron chi connectivity index (χ2n) is 7.29. The van der Waals surface area contributed by atoms with Crippen LogP contribution in [0.15, 0.2) is 33.0 Å². The SMILES string of the molecule is Cc1c(C(=O)Sc2nc3ccccc3s2)oc2c1[C@@H](O)CC(C)(C)C2. The number of thiazole rings is 1. The smallest absolute Gasteiger partial charge is 0.261 e. The summed E-state index contributed by atoms with van der Waals surface area (Å²) in [6.45, 7) is 6.07. The molecule has 1 aliphatic rings. The molecule has 1 aromatic carbocycles. The van der Waals surface area contributed by atoms with Gasteiger partial charge in [0, 0.05) is 17.5 Å². The van der Waals surface area contributed by atoms with E-state index in [9.17, 15) is 9.90 Å². The van der Waals surface area contributed by atoms with E-state index in [1.807, 2.05) is 31.2 Å². The first kappa shape index (κ1) is 16.8. The highest BCUT2D eigenvalue weighted by Gasteiger charge is 2.37. The van der Waals surface area contributed by atoms with E-state index in [0.29, 0.717) is 16.5 Å². The number of carbonyl (C=O) groups is 1. The Morgan fingerprint density at radius 3 is 2.92 bits per heavy atom. The van der Waals surface area contributed by atoms with Crippen molar-refractivity contribution in [3.05, 3.63) is 46.9 Å². The van der Waals surface area contributed by atoms with Gasteiger partial charge in [-0.2, -0.15) is 0 Å². The summed E-state index contributed by atoms with van der Waals surface area (Å²) in [5.74, 6) is 1.08. The predicted molar refractivity (Wildman–Crippen MR) is 100 cm³/mol. The molecular weight excluding hydrogens is 354 g/mol. The van der Waals surface area contributed by atoms with Crippen LogP contribution in [-0.2, 0) is 6.42 Å². The Balaban J connectivity index is 1.65. The number of rotatable bonds is 2. The van der Waals surface area contributed by atoms with Crippen molar-refractivity contribution in [2.45, 2.75) is 44.1 Å². The minimum atomic E-state index is -0.573. The average molecular weight is 373 g/mol. The van der Waals surface area contributed by atoms with Gasteiger partial charge in [0.1, 0.15) is 5.76 Å². The fourth-order valence-electron chi connectivity index (χ4n) is 3.50. The highest BCUT2D eigenvalue weighted by Crippen LogP contribution is 2.45. The highest BCUT2D eigenvalue weighted by atomic mass is 32.2. The lowest BCUT2D eigenvalue weighted by Crippen LogP contribution is -2.24. The summed E-state index contributed by atoms with van der Waals surface area (Å²) in [6.07, 6.45) is 0.842. The zero-order valence-electron chi connectivity index (χ0n) is 14.3. The molecule has 2 aromatic heterocycles. The summed E-state index contributed by atoms with van der Waals surface area (Å²) in [6, 6.07) is 7.84. The van der Waals surface area contributed by atoms with Gasteiger partial charge in [0.2, 0.25) is 0 Å². The zero-order chi connectivity index (χ0) is 17.8. The molecule has 2 heterocycles. The molecule has 0 saturated carbocycles. The lowest BCUT2D eigenvalue weighted by Gasteiger charge is -2.31. The molecule has 0 spiro atoms. The van der Waals surface area contributed by atoms with Crippen molar-refractivity contribution in [3.63, 3.8) is 0 Å². The van der Waals surface area contributed by atoms with E-state index in [1.165, 1.54) is 11.3 Å². The molecule has 0 fully saturated rings. The number of thioether (sulfide) groups is 1. The molecule has 0 bridgehead atoms. The second-order valence-corrected chi connectivity index (χ2v) is 9.54.